The lowest BCUT2D eigenvalue weighted by Crippen LogP contribution is -2.42. The molecule has 3 atom stereocenters. The number of nitrogens with zero attached hydrogens (tertiary/aromatic N) is 1. The SMILES string of the molecule is CC.CCN(C)C(Cc1ccccc1)C1C(C)=CC=CC1C. The number of hydrogen-bond acceptors (Lipinski definition) is 1. The summed E-state index contributed by atoms with van der Waals surface area (Å²) in [6.07, 6.45) is 7.96. The van der Waals surface area contributed by atoms with E-state index in [9.17, 15) is 0 Å². The molecule has 1 aromatic rings. The summed E-state index contributed by atoms with van der Waals surface area (Å²) in [7, 11) is 2.26. The fourth-order valence-electron chi connectivity index (χ4n) is 3.33. The summed E-state index contributed by atoms with van der Waals surface area (Å²) in [6.45, 7) is 12.0. The normalized spacial score (nSPS) is 21.9. The van der Waals surface area contributed by atoms with Crippen molar-refractivity contribution in [2.45, 2.75) is 47.1 Å². The van der Waals surface area contributed by atoms with Crippen LogP contribution in [0.3, 0.4) is 0 Å². The van der Waals surface area contributed by atoms with Crippen molar-refractivity contribution in [1.82, 2.24) is 4.90 Å². The molecule has 0 heterocycles. The van der Waals surface area contributed by atoms with Crippen molar-refractivity contribution in [2.24, 2.45) is 11.8 Å². The van der Waals surface area contributed by atoms with E-state index in [2.05, 4.69) is 81.3 Å². The molecule has 0 saturated carbocycles. The fraction of sp³-hybridized carbons (Fsp3) is 0.524. The van der Waals surface area contributed by atoms with Gasteiger partial charge in [-0.2, -0.15) is 0 Å². The van der Waals surface area contributed by atoms with Crippen LogP contribution in [0.1, 0.15) is 40.2 Å². The van der Waals surface area contributed by atoms with Gasteiger partial charge in [0.05, 0.1) is 0 Å². The van der Waals surface area contributed by atoms with Gasteiger partial charge in [0.15, 0.2) is 0 Å². The quantitative estimate of drug-likeness (QED) is 0.709. The van der Waals surface area contributed by atoms with Gasteiger partial charge in [0.2, 0.25) is 0 Å². The minimum absolute atomic E-state index is 0.568. The Labute approximate surface area is 137 Å². The molecule has 0 radical (unpaired) electrons. The summed E-state index contributed by atoms with van der Waals surface area (Å²) < 4.78 is 0. The Hall–Kier alpha value is -1.34. The van der Waals surface area contributed by atoms with E-state index in [1.807, 2.05) is 13.8 Å². The molecule has 1 heteroatoms. The predicted octanol–water partition coefficient (Wildman–Crippen LogP) is 5.34. The molecule has 22 heavy (non-hydrogen) atoms. The smallest absolute Gasteiger partial charge is 0.0203 e. The Kier molecular flexibility index (Phi) is 8.19. The molecular formula is C21H33N. The van der Waals surface area contributed by atoms with Gasteiger partial charge in [-0.25, -0.2) is 0 Å². The Morgan fingerprint density at radius 3 is 2.32 bits per heavy atom. The van der Waals surface area contributed by atoms with Crippen molar-refractivity contribution in [3.8, 4) is 0 Å². The van der Waals surface area contributed by atoms with Crippen LogP contribution in [0.15, 0.2) is 54.1 Å². The molecule has 0 aliphatic heterocycles. The first kappa shape index (κ1) is 18.7. The summed E-state index contributed by atoms with van der Waals surface area (Å²) >= 11 is 0. The second-order valence-corrected chi connectivity index (χ2v) is 6.01. The first-order valence-electron chi connectivity index (χ1n) is 8.72. The molecule has 1 aromatic carbocycles. The van der Waals surface area contributed by atoms with Crippen LogP contribution in [0.5, 0.6) is 0 Å². The van der Waals surface area contributed by atoms with Crippen molar-refractivity contribution < 1.29 is 0 Å². The maximum Gasteiger partial charge on any atom is 0.0203 e. The Morgan fingerprint density at radius 1 is 1.14 bits per heavy atom. The average molecular weight is 300 g/mol. The van der Waals surface area contributed by atoms with Crippen LogP contribution < -0.4 is 0 Å². The molecule has 0 N–H and O–H groups in total. The molecule has 0 fully saturated rings. The number of likely N-dealkylation sites (N-methyl/N-ethyl adjacent to an activating group) is 1. The number of allylic oxidation sites excluding steroid dienone is 3. The van der Waals surface area contributed by atoms with Crippen LogP contribution in [0.2, 0.25) is 0 Å². The van der Waals surface area contributed by atoms with Gasteiger partial charge in [-0.1, -0.05) is 81.8 Å². The topological polar surface area (TPSA) is 3.24 Å². The molecule has 0 saturated heterocycles. The van der Waals surface area contributed by atoms with Crippen molar-refractivity contribution in [1.29, 1.82) is 0 Å². The zero-order valence-corrected chi connectivity index (χ0v) is 15.2. The van der Waals surface area contributed by atoms with Crippen LogP contribution >= 0.6 is 0 Å². The van der Waals surface area contributed by atoms with Crippen LogP contribution in [-0.4, -0.2) is 24.5 Å². The molecule has 2 rings (SSSR count). The molecule has 3 unspecified atom stereocenters. The van der Waals surface area contributed by atoms with Crippen molar-refractivity contribution >= 4 is 0 Å². The largest absolute Gasteiger partial charge is 0.303 e. The third-order valence-electron chi connectivity index (χ3n) is 4.63. The second-order valence-electron chi connectivity index (χ2n) is 6.01. The molecule has 0 aromatic heterocycles. The standard InChI is InChI=1S/C19H27N.C2H6/c1-5-20(4)18(14-17-12-7-6-8-13-17)19-15(2)10-9-11-16(19)3;1-2/h6-13,15,18-19H,5,14H2,1-4H3;1-2H3. The first-order valence-corrected chi connectivity index (χ1v) is 8.72. The van der Waals surface area contributed by atoms with Gasteiger partial charge in [-0.05, 0) is 38.4 Å². The molecule has 122 valence electrons. The zero-order chi connectivity index (χ0) is 16.5. The molecule has 1 nitrogen and oxygen atoms in total. The van der Waals surface area contributed by atoms with Gasteiger partial charge in [-0.15, -0.1) is 0 Å². The van der Waals surface area contributed by atoms with E-state index in [4.69, 9.17) is 0 Å². The second kappa shape index (κ2) is 9.63. The van der Waals surface area contributed by atoms with E-state index >= 15 is 0 Å². The average Bonchev–Trinajstić information content (AvgIpc) is 2.56. The monoisotopic (exact) mass is 299 g/mol. The van der Waals surface area contributed by atoms with E-state index in [1.165, 1.54) is 11.1 Å². The van der Waals surface area contributed by atoms with Crippen molar-refractivity contribution in [3.63, 3.8) is 0 Å². The highest BCUT2D eigenvalue weighted by atomic mass is 15.1. The molecule has 1 aliphatic rings. The lowest BCUT2D eigenvalue weighted by atomic mass is 9.76. The highest BCUT2D eigenvalue weighted by Crippen LogP contribution is 2.32. The lowest BCUT2D eigenvalue weighted by Gasteiger charge is -2.38. The third-order valence-corrected chi connectivity index (χ3v) is 4.63. The van der Waals surface area contributed by atoms with Crippen LogP contribution in [0.4, 0.5) is 0 Å². The summed E-state index contributed by atoms with van der Waals surface area (Å²) in [5.41, 5.74) is 2.95. The Bertz CT molecular complexity index is 472. The van der Waals surface area contributed by atoms with Gasteiger partial charge in [0.25, 0.3) is 0 Å². The maximum absolute atomic E-state index is 2.50. The van der Waals surface area contributed by atoms with Crippen molar-refractivity contribution in [2.75, 3.05) is 13.6 Å². The van der Waals surface area contributed by atoms with Gasteiger partial charge < -0.3 is 4.90 Å². The van der Waals surface area contributed by atoms with E-state index in [0.29, 0.717) is 17.9 Å². The first-order chi connectivity index (χ1) is 10.6. The third kappa shape index (κ3) is 4.84. The number of rotatable bonds is 5. The van der Waals surface area contributed by atoms with Gasteiger partial charge in [0, 0.05) is 12.0 Å². The zero-order valence-electron chi connectivity index (χ0n) is 15.2. The summed E-state index contributed by atoms with van der Waals surface area (Å²) in [4.78, 5) is 2.50. The van der Waals surface area contributed by atoms with Gasteiger partial charge in [-0.3, -0.25) is 0 Å². The summed E-state index contributed by atoms with van der Waals surface area (Å²) in [5, 5.41) is 0. The van der Waals surface area contributed by atoms with E-state index in [-0.39, 0.29) is 0 Å². The highest BCUT2D eigenvalue weighted by Gasteiger charge is 2.30. The minimum atomic E-state index is 0.568. The summed E-state index contributed by atoms with van der Waals surface area (Å²) in [5.74, 6) is 1.23. The molecule has 0 bridgehead atoms. The Morgan fingerprint density at radius 2 is 1.77 bits per heavy atom. The fourth-order valence-corrected chi connectivity index (χ4v) is 3.33. The van der Waals surface area contributed by atoms with Gasteiger partial charge >= 0.3 is 0 Å². The van der Waals surface area contributed by atoms with Crippen molar-refractivity contribution in [3.05, 3.63) is 59.7 Å². The lowest BCUT2D eigenvalue weighted by molar-refractivity contribution is 0.176. The molecular weight excluding hydrogens is 266 g/mol. The maximum atomic E-state index is 2.50. The number of hydrogen-bond donors (Lipinski definition) is 0. The molecule has 0 amide bonds. The minimum Gasteiger partial charge on any atom is -0.303 e. The van der Waals surface area contributed by atoms with E-state index in [1.54, 1.807) is 0 Å². The van der Waals surface area contributed by atoms with E-state index < -0.39 is 0 Å². The van der Waals surface area contributed by atoms with Gasteiger partial charge in [0.1, 0.15) is 0 Å². The van der Waals surface area contributed by atoms with Crippen LogP contribution in [-0.2, 0) is 6.42 Å². The number of benzene rings is 1. The highest BCUT2D eigenvalue weighted by molar-refractivity contribution is 5.25. The van der Waals surface area contributed by atoms with Crippen LogP contribution in [0.25, 0.3) is 0 Å². The molecule has 1 aliphatic carbocycles. The molecule has 0 spiro atoms. The summed E-state index contributed by atoms with van der Waals surface area (Å²) in [6, 6.07) is 11.5. The predicted molar refractivity (Wildman–Crippen MR) is 99.1 cm³/mol. The van der Waals surface area contributed by atoms with Crippen LogP contribution in [0, 0.1) is 11.8 Å². The van der Waals surface area contributed by atoms with E-state index in [0.717, 1.165) is 13.0 Å². The Balaban J connectivity index is 0.00000116.